The molecule has 0 saturated carbocycles. The van der Waals surface area contributed by atoms with Gasteiger partial charge in [-0.1, -0.05) is 27.5 Å². The van der Waals surface area contributed by atoms with Gasteiger partial charge in [-0.15, -0.1) is 12.3 Å². The minimum atomic E-state index is -0.0386. The average Bonchev–Trinajstić information content (AvgIpc) is 2.22. The Labute approximate surface area is 104 Å². The zero-order chi connectivity index (χ0) is 11.3. The number of rotatable bonds is 4. The van der Waals surface area contributed by atoms with Crippen molar-refractivity contribution in [1.82, 2.24) is 0 Å². The summed E-state index contributed by atoms with van der Waals surface area (Å²) in [5, 5.41) is 0.714. The summed E-state index contributed by atoms with van der Waals surface area (Å²) in [5.74, 6) is 2.60. The van der Waals surface area contributed by atoms with Gasteiger partial charge in [0.15, 0.2) is 0 Å². The Morgan fingerprint density at radius 1 is 1.53 bits per heavy atom. The van der Waals surface area contributed by atoms with Crippen molar-refractivity contribution in [3.8, 4) is 12.3 Å². The molecule has 0 heterocycles. The molecule has 0 bridgehead atoms. The summed E-state index contributed by atoms with van der Waals surface area (Å²) in [6, 6.07) is 5.67. The van der Waals surface area contributed by atoms with Gasteiger partial charge in [-0.3, -0.25) is 0 Å². The van der Waals surface area contributed by atoms with Crippen molar-refractivity contribution in [1.29, 1.82) is 0 Å². The SMILES string of the molecule is C#CCCCC(N)c1cc(Br)ccc1Cl. The average molecular weight is 287 g/mol. The predicted octanol–water partition coefficient (Wildman–Crippen LogP) is 3.91. The molecular weight excluding hydrogens is 273 g/mol. The van der Waals surface area contributed by atoms with E-state index in [2.05, 4.69) is 21.9 Å². The van der Waals surface area contributed by atoms with Crippen LogP contribution >= 0.6 is 27.5 Å². The molecule has 0 aliphatic heterocycles. The first-order valence-electron chi connectivity index (χ1n) is 4.79. The fraction of sp³-hybridized carbons (Fsp3) is 0.333. The van der Waals surface area contributed by atoms with Crippen LogP contribution in [0.5, 0.6) is 0 Å². The molecule has 0 radical (unpaired) electrons. The number of hydrogen-bond acceptors (Lipinski definition) is 1. The zero-order valence-corrected chi connectivity index (χ0v) is 10.7. The quantitative estimate of drug-likeness (QED) is 0.659. The highest BCUT2D eigenvalue weighted by Gasteiger charge is 2.09. The van der Waals surface area contributed by atoms with E-state index in [0.717, 1.165) is 29.3 Å². The van der Waals surface area contributed by atoms with Crippen molar-refractivity contribution in [2.45, 2.75) is 25.3 Å². The topological polar surface area (TPSA) is 26.0 Å². The van der Waals surface area contributed by atoms with Crippen LogP contribution in [0.1, 0.15) is 30.9 Å². The summed E-state index contributed by atoms with van der Waals surface area (Å²) in [6.07, 6.45) is 7.74. The number of unbranched alkanes of at least 4 members (excludes halogenated alkanes) is 1. The molecule has 0 spiro atoms. The Morgan fingerprint density at radius 3 is 2.93 bits per heavy atom. The van der Waals surface area contributed by atoms with E-state index in [0.29, 0.717) is 5.02 Å². The molecular formula is C12H13BrClN. The molecule has 1 atom stereocenters. The van der Waals surface area contributed by atoms with Crippen molar-refractivity contribution in [2.24, 2.45) is 5.73 Å². The second-order valence-electron chi connectivity index (χ2n) is 3.37. The molecule has 1 aromatic carbocycles. The maximum Gasteiger partial charge on any atom is 0.0454 e. The standard InChI is InChI=1S/C12H13BrClN/c1-2-3-4-5-12(15)10-8-9(13)6-7-11(10)14/h1,6-8,12H,3-5,15H2. The van der Waals surface area contributed by atoms with E-state index in [1.807, 2.05) is 18.2 Å². The highest BCUT2D eigenvalue weighted by Crippen LogP contribution is 2.27. The Kier molecular flexibility index (Phi) is 5.17. The van der Waals surface area contributed by atoms with E-state index in [1.165, 1.54) is 0 Å². The summed E-state index contributed by atoms with van der Waals surface area (Å²) >= 11 is 9.46. The third kappa shape index (κ3) is 3.87. The minimum absolute atomic E-state index is 0.0386. The van der Waals surface area contributed by atoms with E-state index < -0.39 is 0 Å². The number of nitrogens with two attached hydrogens (primary N) is 1. The summed E-state index contributed by atoms with van der Waals surface area (Å²) in [5.41, 5.74) is 7.01. The Hall–Kier alpha value is -0.490. The van der Waals surface area contributed by atoms with E-state index in [1.54, 1.807) is 0 Å². The van der Waals surface area contributed by atoms with Crippen LogP contribution in [0.4, 0.5) is 0 Å². The van der Waals surface area contributed by atoms with E-state index >= 15 is 0 Å². The first-order valence-corrected chi connectivity index (χ1v) is 5.96. The molecule has 3 heteroatoms. The van der Waals surface area contributed by atoms with Crippen LogP contribution in [-0.4, -0.2) is 0 Å². The predicted molar refractivity (Wildman–Crippen MR) is 68.8 cm³/mol. The molecule has 2 N–H and O–H groups in total. The molecule has 0 aliphatic carbocycles. The molecule has 1 aromatic rings. The minimum Gasteiger partial charge on any atom is -0.324 e. The lowest BCUT2D eigenvalue weighted by atomic mass is 10.0. The van der Waals surface area contributed by atoms with Gasteiger partial charge in [-0.05, 0) is 36.6 Å². The van der Waals surface area contributed by atoms with Gasteiger partial charge in [-0.25, -0.2) is 0 Å². The molecule has 0 saturated heterocycles. The summed E-state index contributed by atoms with van der Waals surface area (Å²) in [6.45, 7) is 0. The Bertz CT molecular complexity index is 370. The van der Waals surface area contributed by atoms with Gasteiger partial charge in [0.05, 0.1) is 0 Å². The highest BCUT2D eigenvalue weighted by molar-refractivity contribution is 9.10. The van der Waals surface area contributed by atoms with Gasteiger partial charge in [0.2, 0.25) is 0 Å². The molecule has 0 amide bonds. The van der Waals surface area contributed by atoms with Crippen LogP contribution in [-0.2, 0) is 0 Å². The van der Waals surface area contributed by atoms with Gasteiger partial charge in [-0.2, -0.15) is 0 Å². The van der Waals surface area contributed by atoms with Crippen molar-refractivity contribution in [3.05, 3.63) is 33.3 Å². The highest BCUT2D eigenvalue weighted by atomic mass is 79.9. The summed E-state index contributed by atoms with van der Waals surface area (Å²) in [7, 11) is 0. The van der Waals surface area contributed by atoms with Crippen molar-refractivity contribution >= 4 is 27.5 Å². The molecule has 1 unspecified atom stereocenters. The third-order valence-electron chi connectivity index (χ3n) is 2.19. The third-order valence-corrected chi connectivity index (χ3v) is 3.03. The largest absolute Gasteiger partial charge is 0.324 e. The maximum absolute atomic E-state index is 6.06. The molecule has 1 nitrogen and oxygen atoms in total. The fourth-order valence-corrected chi connectivity index (χ4v) is 2.01. The van der Waals surface area contributed by atoms with Crippen LogP contribution in [0.3, 0.4) is 0 Å². The molecule has 0 aliphatic rings. The Morgan fingerprint density at radius 2 is 2.27 bits per heavy atom. The van der Waals surface area contributed by atoms with Gasteiger partial charge >= 0.3 is 0 Å². The van der Waals surface area contributed by atoms with Crippen molar-refractivity contribution in [2.75, 3.05) is 0 Å². The fourth-order valence-electron chi connectivity index (χ4n) is 1.38. The van der Waals surface area contributed by atoms with Gasteiger partial charge in [0.1, 0.15) is 0 Å². The van der Waals surface area contributed by atoms with E-state index in [4.69, 9.17) is 23.8 Å². The summed E-state index contributed by atoms with van der Waals surface area (Å²) < 4.78 is 0.995. The molecule has 80 valence electrons. The lowest BCUT2D eigenvalue weighted by Crippen LogP contribution is -2.10. The summed E-state index contributed by atoms with van der Waals surface area (Å²) in [4.78, 5) is 0. The molecule has 1 rings (SSSR count). The number of halogens is 2. The van der Waals surface area contributed by atoms with Crippen molar-refractivity contribution < 1.29 is 0 Å². The second kappa shape index (κ2) is 6.17. The monoisotopic (exact) mass is 285 g/mol. The van der Waals surface area contributed by atoms with Crippen LogP contribution < -0.4 is 5.73 Å². The normalized spacial score (nSPS) is 12.1. The van der Waals surface area contributed by atoms with Gasteiger partial charge in [0.25, 0.3) is 0 Å². The van der Waals surface area contributed by atoms with E-state index in [-0.39, 0.29) is 6.04 Å². The van der Waals surface area contributed by atoms with Crippen molar-refractivity contribution in [3.63, 3.8) is 0 Å². The zero-order valence-electron chi connectivity index (χ0n) is 8.34. The van der Waals surface area contributed by atoms with Crippen LogP contribution in [0, 0.1) is 12.3 Å². The number of benzene rings is 1. The molecule has 0 fully saturated rings. The first-order chi connectivity index (χ1) is 7.15. The molecule has 0 aromatic heterocycles. The lowest BCUT2D eigenvalue weighted by molar-refractivity contribution is 0.621. The number of hydrogen-bond donors (Lipinski definition) is 1. The second-order valence-corrected chi connectivity index (χ2v) is 4.69. The lowest BCUT2D eigenvalue weighted by Gasteiger charge is -2.13. The number of terminal acetylenes is 1. The van der Waals surface area contributed by atoms with E-state index in [9.17, 15) is 0 Å². The van der Waals surface area contributed by atoms with Crippen LogP contribution in [0.25, 0.3) is 0 Å². The first kappa shape index (κ1) is 12.6. The molecule has 15 heavy (non-hydrogen) atoms. The Balaban J connectivity index is 2.69. The van der Waals surface area contributed by atoms with Crippen LogP contribution in [0.2, 0.25) is 5.02 Å². The smallest absolute Gasteiger partial charge is 0.0454 e. The van der Waals surface area contributed by atoms with Crippen LogP contribution in [0.15, 0.2) is 22.7 Å². The maximum atomic E-state index is 6.06. The van der Waals surface area contributed by atoms with Gasteiger partial charge in [0, 0.05) is 22.0 Å². The van der Waals surface area contributed by atoms with Gasteiger partial charge < -0.3 is 5.73 Å².